The van der Waals surface area contributed by atoms with Crippen LogP contribution in [0.2, 0.25) is 5.02 Å². The summed E-state index contributed by atoms with van der Waals surface area (Å²) in [6, 6.07) is 7.20. The van der Waals surface area contributed by atoms with Crippen molar-refractivity contribution in [2.24, 2.45) is 0 Å². The van der Waals surface area contributed by atoms with Crippen molar-refractivity contribution in [3.05, 3.63) is 51.2 Å². The minimum absolute atomic E-state index is 0.0301. The average Bonchev–Trinajstić information content (AvgIpc) is 3.29. The first kappa shape index (κ1) is 21.1. The topological polar surface area (TPSA) is 41.6 Å². The number of nitrogens with one attached hydrogen (secondary N) is 1. The molecule has 0 bridgehead atoms. The van der Waals surface area contributed by atoms with Gasteiger partial charge in [-0.2, -0.15) is 13.2 Å². The summed E-state index contributed by atoms with van der Waals surface area (Å²) in [5.41, 5.74) is -1.26. The maximum atomic E-state index is 13.2. The molecular formula is C19H20ClF3N2O2S. The Morgan fingerprint density at radius 2 is 2.18 bits per heavy atom. The van der Waals surface area contributed by atoms with Gasteiger partial charge in [0.05, 0.1) is 23.9 Å². The van der Waals surface area contributed by atoms with Crippen LogP contribution in [0.25, 0.3) is 0 Å². The number of hydrogen-bond donors (Lipinski definition) is 1. The van der Waals surface area contributed by atoms with Crippen LogP contribution in [0.15, 0.2) is 35.7 Å². The SMILES string of the molecule is O=C(CN(Cc1cccs1)C[C@@H]1CCCO1)Nc1ccc(Cl)cc1C(F)(F)F. The van der Waals surface area contributed by atoms with Crippen LogP contribution in [-0.4, -0.2) is 36.6 Å². The van der Waals surface area contributed by atoms with E-state index in [1.54, 1.807) is 11.3 Å². The molecule has 1 aliphatic heterocycles. The third-order valence-corrected chi connectivity index (χ3v) is 5.47. The van der Waals surface area contributed by atoms with Crippen LogP contribution in [0.1, 0.15) is 23.3 Å². The highest BCUT2D eigenvalue weighted by atomic mass is 35.5. The monoisotopic (exact) mass is 432 g/mol. The second-order valence-corrected chi connectivity index (χ2v) is 8.09. The zero-order valence-electron chi connectivity index (χ0n) is 15.0. The van der Waals surface area contributed by atoms with Crippen LogP contribution < -0.4 is 5.32 Å². The summed E-state index contributed by atoms with van der Waals surface area (Å²) in [5, 5.41) is 4.29. The van der Waals surface area contributed by atoms with Crippen molar-refractivity contribution in [2.45, 2.75) is 31.7 Å². The number of alkyl halides is 3. The number of amides is 1. The van der Waals surface area contributed by atoms with E-state index in [0.717, 1.165) is 23.8 Å². The molecule has 9 heteroatoms. The maximum absolute atomic E-state index is 13.2. The Morgan fingerprint density at radius 3 is 2.82 bits per heavy atom. The second kappa shape index (κ2) is 9.26. The summed E-state index contributed by atoms with van der Waals surface area (Å²) in [4.78, 5) is 15.5. The first-order valence-electron chi connectivity index (χ1n) is 8.84. The molecule has 1 amide bonds. The molecule has 0 unspecified atom stereocenters. The summed E-state index contributed by atoms with van der Waals surface area (Å²) in [6.45, 7) is 1.76. The predicted octanol–water partition coefficient (Wildman–Crippen LogP) is 5.04. The average molecular weight is 433 g/mol. The molecule has 1 fully saturated rings. The highest BCUT2D eigenvalue weighted by Gasteiger charge is 2.34. The molecule has 2 heterocycles. The summed E-state index contributed by atoms with van der Waals surface area (Å²) in [7, 11) is 0. The van der Waals surface area contributed by atoms with Crippen molar-refractivity contribution >= 4 is 34.5 Å². The van der Waals surface area contributed by atoms with Gasteiger partial charge in [-0.05, 0) is 42.5 Å². The second-order valence-electron chi connectivity index (χ2n) is 6.62. The molecule has 1 atom stereocenters. The normalized spacial score (nSPS) is 17.2. The molecule has 0 spiro atoms. The van der Waals surface area contributed by atoms with E-state index >= 15 is 0 Å². The lowest BCUT2D eigenvalue weighted by Crippen LogP contribution is -2.38. The number of carbonyl (C=O) groups is 1. The van der Waals surface area contributed by atoms with E-state index in [-0.39, 0.29) is 23.4 Å². The number of hydrogen-bond acceptors (Lipinski definition) is 4. The minimum Gasteiger partial charge on any atom is -0.377 e. The van der Waals surface area contributed by atoms with Crippen molar-refractivity contribution in [1.82, 2.24) is 4.90 Å². The zero-order chi connectivity index (χ0) is 20.1. The van der Waals surface area contributed by atoms with E-state index < -0.39 is 17.6 Å². The van der Waals surface area contributed by atoms with Crippen molar-refractivity contribution in [1.29, 1.82) is 0 Å². The van der Waals surface area contributed by atoms with Gasteiger partial charge in [-0.15, -0.1) is 11.3 Å². The number of benzene rings is 1. The van der Waals surface area contributed by atoms with Gasteiger partial charge >= 0.3 is 6.18 Å². The van der Waals surface area contributed by atoms with Crippen LogP contribution in [0.3, 0.4) is 0 Å². The van der Waals surface area contributed by atoms with Crippen molar-refractivity contribution in [3.8, 4) is 0 Å². The standard InChI is InChI=1S/C19H20ClF3N2O2S/c20-13-5-6-17(16(9-13)19(21,22)23)24-18(26)12-25(10-14-3-1-7-27-14)11-15-4-2-8-28-15/h2,4-6,8-9,14H,1,3,7,10-12H2,(H,24,26)/t14-/m0/s1. The number of rotatable bonds is 7. The molecule has 1 saturated heterocycles. The van der Waals surface area contributed by atoms with Gasteiger partial charge in [0.1, 0.15) is 0 Å². The number of ether oxygens (including phenoxy) is 1. The van der Waals surface area contributed by atoms with Crippen LogP contribution in [0.5, 0.6) is 0 Å². The van der Waals surface area contributed by atoms with Crippen LogP contribution in [0.4, 0.5) is 18.9 Å². The number of anilines is 1. The van der Waals surface area contributed by atoms with Gasteiger partial charge in [-0.3, -0.25) is 9.69 Å². The van der Waals surface area contributed by atoms with Gasteiger partial charge in [0, 0.05) is 29.6 Å². The summed E-state index contributed by atoms with van der Waals surface area (Å²) in [6.07, 6.45) is -2.68. The Labute approximate surface area is 170 Å². The lowest BCUT2D eigenvalue weighted by atomic mass is 10.1. The number of thiophene rings is 1. The third-order valence-electron chi connectivity index (χ3n) is 4.37. The minimum atomic E-state index is -4.61. The molecule has 2 aromatic rings. The Kier molecular flexibility index (Phi) is 6.98. The van der Waals surface area contributed by atoms with Gasteiger partial charge in [0.2, 0.25) is 5.91 Å². The fraction of sp³-hybridized carbons (Fsp3) is 0.421. The highest BCUT2D eigenvalue weighted by molar-refractivity contribution is 7.09. The van der Waals surface area contributed by atoms with Crippen LogP contribution >= 0.6 is 22.9 Å². The molecule has 1 aliphatic rings. The first-order chi connectivity index (χ1) is 13.3. The number of carbonyl (C=O) groups excluding carboxylic acids is 1. The van der Waals surface area contributed by atoms with E-state index in [0.29, 0.717) is 19.7 Å². The van der Waals surface area contributed by atoms with Gasteiger partial charge < -0.3 is 10.1 Å². The highest BCUT2D eigenvalue weighted by Crippen LogP contribution is 2.36. The molecule has 1 N–H and O–H groups in total. The molecule has 1 aromatic heterocycles. The molecule has 28 heavy (non-hydrogen) atoms. The molecular weight excluding hydrogens is 413 g/mol. The number of halogens is 4. The predicted molar refractivity (Wildman–Crippen MR) is 104 cm³/mol. The van der Waals surface area contributed by atoms with E-state index in [1.165, 1.54) is 12.1 Å². The van der Waals surface area contributed by atoms with Crippen molar-refractivity contribution in [2.75, 3.05) is 25.0 Å². The Morgan fingerprint density at radius 1 is 1.36 bits per heavy atom. The van der Waals surface area contributed by atoms with E-state index in [2.05, 4.69) is 5.32 Å². The lowest BCUT2D eigenvalue weighted by Gasteiger charge is -2.24. The van der Waals surface area contributed by atoms with E-state index in [4.69, 9.17) is 16.3 Å². The molecule has 0 radical (unpaired) electrons. The summed E-state index contributed by atoms with van der Waals surface area (Å²) < 4.78 is 45.3. The first-order valence-corrected chi connectivity index (χ1v) is 10.1. The van der Waals surface area contributed by atoms with Gasteiger partial charge in [0.25, 0.3) is 0 Å². The fourth-order valence-corrected chi connectivity index (χ4v) is 4.06. The molecule has 3 rings (SSSR count). The fourth-order valence-electron chi connectivity index (χ4n) is 3.14. The quantitative estimate of drug-likeness (QED) is 0.666. The summed E-state index contributed by atoms with van der Waals surface area (Å²) in [5.74, 6) is -0.512. The number of nitrogens with zero attached hydrogens (tertiary/aromatic N) is 1. The molecule has 0 saturated carbocycles. The van der Waals surface area contributed by atoms with E-state index in [1.807, 2.05) is 22.4 Å². The molecule has 0 aliphatic carbocycles. The van der Waals surface area contributed by atoms with Crippen molar-refractivity contribution in [3.63, 3.8) is 0 Å². The van der Waals surface area contributed by atoms with Gasteiger partial charge in [0.15, 0.2) is 0 Å². The van der Waals surface area contributed by atoms with Gasteiger partial charge in [-0.25, -0.2) is 0 Å². The van der Waals surface area contributed by atoms with E-state index in [9.17, 15) is 18.0 Å². The Bertz CT molecular complexity index is 793. The lowest BCUT2D eigenvalue weighted by molar-refractivity contribution is -0.137. The van der Waals surface area contributed by atoms with Crippen LogP contribution in [-0.2, 0) is 22.3 Å². The Hall–Kier alpha value is -1.61. The molecule has 152 valence electrons. The Balaban J connectivity index is 1.69. The smallest absolute Gasteiger partial charge is 0.377 e. The zero-order valence-corrected chi connectivity index (χ0v) is 16.5. The van der Waals surface area contributed by atoms with Gasteiger partial charge in [-0.1, -0.05) is 17.7 Å². The largest absolute Gasteiger partial charge is 0.418 e. The van der Waals surface area contributed by atoms with Crippen molar-refractivity contribution < 1.29 is 22.7 Å². The molecule has 4 nitrogen and oxygen atoms in total. The molecule has 1 aromatic carbocycles. The maximum Gasteiger partial charge on any atom is 0.418 e. The third kappa shape index (κ3) is 5.94. The summed E-state index contributed by atoms with van der Waals surface area (Å²) >= 11 is 7.25. The van der Waals surface area contributed by atoms with Crippen LogP contribution in [0, 0.1) is 0 Å².